The number of hydrogen-bond acceptors (Lipinski definition) is 18. The molecule has 12 rings (SSSR count). The molecule has 6 aromatic heterocycles. The van der Waals surface area contributed by atoms with Crippen LogP contribution in [0.25, 0.3) is 0 Å². The highest BCUT2D eigenvalue weighted by atomic mass is 35.5. The zero-order valence-electron chi connectivity index (χ0n) is 43.6. The maximum absolute atomic E-state index is 12.8. The minimum absolute atomic E-state index is 0.0260. The number of hydrogen-bond donors (Lipinski definition) is 9. The number of carbonyl (C=O) groups excluding carboxylic acids is 6. The van der Waals surface area contributed by atoms with Crippen LogP contribution in [0, 0.1) is 17.8 Å². The van der Waals surface area contributed by atoms with E-state index in [1.165, 1.54) is 38.7 Å². The van der Waals surface area contributed by atoms with Crippen molar-refractivity contribution >= 4 is 93.3 Å². The van der Waals surface area contributed by atoms with Gasteiger partial charge in [0, 0.05) is 36.0 Å². The maximum Gasteiger partial charge on any atom is 0.276 e. The van der Waals surface area contributed by atoms with E-state index in [0.717, 1.165) is 38.5 Å². The molecule has 3 aliphatic carbocycles. The predicted octanol–water partition coefficient (Wildman–Crippen LogP) is 3.68. The molecule has 0 aromatic carbocycles. The Hall–Kier alpha value is -9.40. The molecule has 0 bridgehead atoms. The van der Waals surface area contributed by atoms with Gasteiger partial charge in [0.2, 0.25) is 17.7 Å². The molecule has 10 N–H and O–H groups in total. The number of carbonyl (C=O) groups is 6. The normalized spacial score (nSPS) is 17.1. The first kappa shape index (κ1) is 54.4. The molecule has 3 fully saturated rings. The van der Waals surface area contributed by atoms with Gasteiger partial charge in [-0.05, 0) is 116 Å². The standard InChI is InChI=1S/2C17H18N6O3.C9H9ClN2O2.C8H10N4O/c2*1-17(2)22-15(25)11-6-5-10(16(26)23(11)17)20-12-7-13(19-8-18-12)21-14(24)9-3-4-9;1-9(2)11-7(13)6-4-3-5(10)8(14)12(6)9;9-6-3-7(11-4-10-6)12-8(13)5-1-2-5/h2*5-9H,3-4H2,1-2H3,(H,22,25)(H2,18,19,20,21,24);3-4H,1-2H3,(H,11,13);3-5H,1-2H2,(H3,9,10,11,12,13). The molecule has 79 heavy (non-hydrogen) atoms. The summed E-state index contributed by atoms with van der Waals surface area (Å²) in [6, 6.07) is 13.9. The average Bonchev–Trinajstić information content (AvgIpc) is 4.37. The van der Waals surface area contributed by atoms with Gasteiger partial charge in [-0.1, -0.05) is 11.6 Å². The fourth-order valence-corrected chi connectivity index (χ4v) is 8.74. The third-order valence-corrected chi connectivity index (χ3v) is 13.3. The lowest BCUT2D eigenvalue weighted by molar-refractivity contribution is -0.118. The number of rotatable bonds is 10. The largest absolute Gasteiger partial charge is 0.384 e. The number of anilines is 8. The second-order valence-electron chi connectivity index (χ2n) is 20.7. The van der Waals surface area contributed by atoms with E-state index in [1.807, 2.05) is 0 Å². The van der Waals surface area contributed by atoms with Crippen LogP contribution in [0.1, 0.15) is 112 Å². The summed E-state index contributed by atoms with van der Waals surface area (Å²) in [5.74, 6) is 1.73. The number of amides is 6. The van der Waals surface area contributed by atoms with E-state index in [-0.39, 0.29) is 86.3 Å². The summed E-state index contributed by atoms with van der Waals surface area (Å²) in [5.41, 5.74) is 3.61. The van der Waals surface area contributed by atoms with Gasteiger partial charge in [0.15, 0.2) is 0 Å². The molecule has 6 aliphatic rings. The van der Waals surface area contributed by atoms with Crippen molar-refractivity contribution < 1.29 is 28.8 Å². The Morgan fingerprint density at radius 3 is 1.15 bits per heavy atom. The van der Waals surface area contributed by atoms with Gasteiger partial charge in [0.1, 0.15) is 104 Å². The molecule has 0 unspecified atom stereocenters. The van der Waals surface area contributed by atoms with Crippen molar-refractivity contribution in [1.82, 2.24) is 59.6 Å². The van der Waals surface area contributed by atoms with Crippen LogP contribution >= 0.6 is 11.6 Å². The van der Waals surface area contributed by atoms with E-state index in [9.17, 15) is 43.2 Å². The SMILES string of the molecule is CC1(C)NC(=O)c2ccc(Cl)c(=O)n21.CC1(C)NC(=O)c2ccc(Nc3cc(NC(=O)C4CC4)ncn3)c(=O)n21.CC1(C)NC(=O)c2ccc(Nc3cc(NC(=O)C4CC4)ncn3)c(=O)n21.Nc1cc(NC(=O)C2CC2)ncn1. The van der Waals surface area contributed by atoms with Crippen molar-refractivity contribution in [2.24, 2.45) is 17.8 Å². The highest BCUT2D eigenvalue weighted by molar-refractivity contribution is 6.30. The van der Waals surface area contributed by atoms with Crippen molar-refractivity contribution in [3.63, 3.8) is 0 Å². The average molecular weight is 1100 g/mol. The van der Waals surface area contributed by atoms with E-state index >= 15 is 0 Å². The van der Waals surface area contributed by atoms with Gasteiger partial charge in [0.05, 0.1) is 0 Å². The van der Waals surface area contributed by atoms with Crippen LogP contribution in [-0.4, -0.2) is 79.0 Å². The van der Waals surface area contributed by atoms with Crippen LogP contribution in [0.5, 0.6) is 0 Å². The first-order valence-electron chi connectivity index (χ1n) is 25.0. The summed E-state index contributed by atoms with van der Waals surface area (Å²) in [4.78, 5) is 131. The summed E-state index contributed by atoms with van der Waals surface area (Å²) < 4.78 is 4.20. The van der Waals surface area contributed by atoms with Gasteiger partial charge in [-0.15, -0.1) is 0 Å². The minimum Gasteiger partial charge on any atom is -0.384 e. The van der Waals surface area contributed by atoms with Crippen LogP contribution in [0.4, 0.5) is 46.3 Å². The third-order valence-electron chi connectivity index (χ3n) is 13.0. The first-order chi connectivity index (χ1) is 37.4. The fraction of sp³-hybridized carbons (Fsp3) is 0.353. The number of aromatic nitrogens is 9. The molecule has 0 saturated heterocycles. The first-order valence-corrected chi connectivity index (χ1v) is 25.4. The number of nitrogen functional groups attached to an aromatic ring is 1. The van der Waals surface area contributed by atoms with E-state index < -0.39 is 17.0 Å². The molecule has 6 amide bonds. The quantitative estimate of drug-likeness (QED) is 0.0944. The second-order valence-corrected chi connectivity index (χ2v) is 21.1. The summed E-state index contributed by atoms with van der Waals surface area (Å²) in [5, 5.41) is 22.4. The second kappa shape index (κ2) is 21.2. The van der Waals surface area contributed by atoms with E-state index in [0.29, 0.717) is 52.0 Å². The minimum atomic E-state index is -0.809. The van der Waals surface area contributed by atoms with Gasteiger partial charge < -0.3 is 48.3 Å². The van der Waals surface area contributed by atoms with Crippen molar-refractivity contribution in [3.05, 3.63) is 127 Å². The number of pyridine rings is 3. The molecule has 0 radical (unpaired) electrons. The summed E-state index contributed by atoms with van der Waals surface area (Å²) in [6.45, 7) is 10.5. The highest BCUT2D eigenvalue weighted by Crippen LogP contribution is 2.32. The molecule has 27 nitrogen and oxygen atoms in total. The van der Waals surface area contributed by atoms with Crippen LogP contribution in [-0.2, 0) is 31.4 Å². The number of fused-ring (bicyclic) bond motifs is 3. The van der Waals surface area contributed by atoms with Crippen molar-refractivity contribution in [3.8, 4) is 0 Å². The Labute approximate surface area is 454 Å². The zero-order valence-corrected chi connectivity index (χ0v) is 44.3. The Morgan fingerprint density at radius 2 is 0.797 bits per heavy atom. The van der Waals surface area contributed by atoms with Crippen LogP contribution < -0.4 is 64.9 Å². The molecule has 6 aromatic rings. The smallest absolute Gasteiger partial charge is 0.276 e. The number of nitrogens with one attached hydrogen (secondary N) is 8. The van der Waals surface area contributed by atoms with E-state index in [2.05, 4.69) is 72.4 Å². The number of nitrogens with two attached hydrogens (primary N) is 1. The predicted molar refractivity (Wildman–Crippen MR) is 289 cm³/mol. The van der Waals surface area contributed by atoms with Crippen molar-refractivity contribution in [1.29, 1.82) is 0 Å². The molecule has 410 valence electrons. The molecule has 3 aliphatic heterocycles. The lowest BCUT2D eigenvalue weighted by Crippen LogP contribution is -2.42. The van der Waals surface area contributed by atoms with Gasteiger partial charge in [0.25, 0.3) is 34.4 Å². The van der Waals surface area contributed by atoms with Gasteiger partial charge in [-0.2, -0.15) is 0 Å². The van der Waals surface area contributed by atoms with Crippen molar-refractivity contribution in [2.75, 3.05) is 32.3 Å². The molecular weight excluding hydrogens is 1040 g/mol. The Bertz CT molecular complexity index is 3520. The lowest BCUT2D eigenvalue weighted by Gasteiger charge is -2.21. The van der Waals surface area contributed by atoms with Crippen LogP contribution in [0.15, 0.2) is 88.0 Å². The lowest BCUT2D eigenvalue weighted by atomic mass is 10.2. The Kier molecular flexibility index (Phi) is 14.6. The Balaban J connectivity index is 0.000000134. The summed E-state index contributed by atoms with van der Waals surface area (Å²) in [7, 11) is 0. The molecule has 0 spiro atoms. The summed E-state index contributed by atoms with van der Waals surface area (Å²) in [6.07, 6.45) is 9.51. The van der Waals surface area contributed by atoms with Gasteiger partial charge >= 0.3 is 0 Å². The molecule has 0 atom stereocenters. The topological polar surface area (TPSA) is 368 Å². The van der Waals surface area contributed by atoms with Crippen LogP contribution in [0.3, 0.4) is 0 Å². The highest BCUT2D eigenvalue weighted by Gasteiger charge is 2.39. The zero-order chi connectivity index (χ0) is 56.7. The molecule has 3 saturated carbocycles. The maximum atomic E-state index is 12.8. The number of nitrogens with zero attached hydrogens (tertiary/aromatic N) is 9. The fourth-order valence-electron chi connectivity index (χ4n) is 8.60. The van der Waals surface area contributed by atoms with E-state index in [4.69, 9.17) is 17.3 Å². The Morgan fingerprint density at radius 1 is 0.481 bits per heavy atom. The van der Waals surface area contributed by atoms with Crippen LogP contribution in [0.2, 0.25) is 5.02 Å². The van der Waals surface area contributed by atoms with Gasteiger partial charge in [-0.25, -0.2) is 29.9 Å². The number of halogens is 1. The van der Waals surface area contributed by atoms with Crippen molar-refractivity contribution in [2.45, 2.75) is 97.1 Å². The third kappa shape index (κ3) is 12.3. The van der Waals surface area contributed by atoms with Gasteiger partial charge in [-0.3, -0.25) is 56.9 Å². The summed E-state index contributed by atoms with van der Waals surface area (Å²) >= 11 is 5.69. The molecule has 28 heteroatoms. The molecular formula is C51H55ClN18O9. The monoisotopic (exact) mass is 1100 g/mol. The van der Waals surface area contributed by atoms with E-state index in [1.54, 1.807) is 90.1 Å². The molecule has 9 heterocycles.